The number of benzene rings is 2. The maximum Gasteiger partial charge on any atom is 0.256 e. The van der Waals surface area contributed by atoms with Crippen molar-refractivity contribution in [2.75, 3.05) is 32.1 Å². The maximum absolute atomic E-state index is 13.7. The summed E-state index contributed by atoms with van der Waals surface area (Å²) in [5.74, 6) is -0.316. The first-order valence-electron chi connectivity index (χ1n) is 8.95. The van der Waals surface area contributed by atoms with E-state index in [9.17, 15) is 9.18 Å². The molecule has 0 bridgehead atoms. The number of rotatable bonds is 5. The quantitative estimate of drug-likeness (QED) is 0.711. The fourth-order valence-electron chi connectivity index (χ4n) is 3.21. The molecule has 0 spiro atoms. The second-order valence-corrected chi connectivity index (χ2v) is 7.57. The molecule has 0 aliphatic carbocycles. The van der Waals surface area contributed by atoms with E-state index in [-0.39, 0.29) is 5.91 Å². The normalized spacial score (nSPS) is 17.6. The van der Waals surface area contributed by atoms with Crippen LogP contribution in [0.1, 0.15) is 5.56 Å². The Morgan fingerprint density at radius 1 is 1.39 bits per heavy atom. The van der Waals surface area contributed by atoms with E-state index in [1.807, 2.05) is 18.2 Å². The molecule has 1 unspecified atom stereocenters. The van der Waals surface area contributed by atoms with Crippen molar-refractivity contribution >= 4 is 32.6 Å². The summed E-state index contributed by atoms with van der Waals surface area (Å²) in [7, 11) is 1.46. The second kappa shape index (κ2) is 8.22. The van der Waals surface area contributed by atoms with Gasteiger partial charge in [-0.3, -0.25) is 15.0 Å². The molecule has 8 heteroatoms. The Bertz CT molecular complexity index is 979. The van der Waals surface area contributed by atoms with E-state index >= 15 is 0 Å². The Hall–Kier alpha value is -2.55. The highest BCUT2D eigenvalue weighted by molar-refractivity contribution is 7.22. The van der Waals surface area contributed by atoms with Crippen molar-refractivity contribution in [2.45, 2.75) is 12.6 Å². The molecule has 0 saturated carbocycles. The lowest BCUT2D eigenvalue weighted by molar-refractivity contribution is -0.133. The molecule has 1 aliphatic rings. The van der Waals surface area contributed by atoms with Crippen LogP contribution in [0.15, 0.2) is 42.5 Å². The fourth-order valence-corrected chi connectivity index (χ4v) is 4.12. The molecule has 2 heterocycles. The zero-order valence-electron chi connectivity index (χ0n) is 15.4. The highest BCUT2D eigenvalue weighted by atomic mass is 32.1. The number of anilines is 1. The van der Waals surface area contributed by atoms with E-state index in [0.29, 0.717) is 34.2 Å². The number of carbonyl (C=O) groups excluding carboxylic acids is 1. The molecule has 0 radical (unpaired) electrons. The summed E-state index contributed by atoms with van der Waals surface area (Å²) in [5.41, 5.74) is 1.73. The van der Waals surface area contributed by atoms with Crippen molar-refractivity contribution in [3.8, 4) is 5.75 Å². The van der Waals surface area contributed by atoms with Gasteiger partial charge in [-0.2, -0.15) is 0 Å². The minimum Gasteiger partial charge on any atom is -0.494 e. The first kappa shape index (κ1) is 18.8. The third-order valence-electron chi connectivity index (χ3n) is 4.57. The number of nitrogens with one attached hydrogen (secondary N) is 1. The SMILES string of the molecule is COc1cc(F)cc2sc(NC(=O)C3CN(Cc4ccccc4)CCO3)nc12. The number of fused-ring (bicyclic) bond motifs is 1. The summed E-state index contributed by atoms with van der Waals surface area (Å²) >= 11 is 1.20. The van der Waals surface area contributed by atoms with Gasteiger partial charge in [0.05, 0.1) is 18.4 Å². The first-order chi connectivity index (χ1) is 13.6. The third-order valence-corrected chi connectivity index (χ3v) is 5.48. The molecule has 28 heavy (non-hydrogen) atoms. The Morgan fingerprint density at radius 3 is 3.00 bits per heavy atom. The molecule has 146 valence electrons. The van der Waals surface area contributed by atoms with Crippen LogP contribution in [0.4, 0.5) is 9.52 Å². The van der Waals surface area contributed by atoms with Crippen molar-refractivity contribution < 1.29 is 18.7 Å². The monoisotopic (exact) mass is 401 g/mol. The van der Waals surface area contributed by atoms with E-state index in [2.05, 4.69) is 27.3 Å². The predicted molar refractivity (Wildman–Crippen MR) is 106 cm³/mol. The van der Waals surface area contributed by atoms with Crippen molar-refractivity contribution in [1.82, 2.24) is 9.88 Å². The number of nitrogens with zero attached hydrogens (tertiary/aromatic N) is 2. The van der Waals surface area contributed by atoms with Gasteiger partial charge in [0.2, 0.25) is 0 Å². The van der Waals surface area contributed by atoms with Gasteiger partial charge in [-0.05, 0) is 11.6 Å². The first-order valence-corrected chi connectivity index (χ1v) is 9.77. The van der Waals surface area contributed by atoms with Gasteiger partial charge in [0.15, 0.2) is 5.13 Å². The van der Waals surface area contributed by atoms with Gasteiger partial charge in [-0.25, -0.2) is 9.37 Å². The summed E-state index contributed by atoms with van der Waals surface area (Å²) in [6, 6.07) is 12.8. The fraction of sp³-hybridized carbons (Fsp3) is 0.300. The Balaban J connectivity index is 1.43. The van der Waals surface area contributed by atoms with Crippen molar-refractivity contribution in [2.24, 2.45) is 0 Å². The lowest BCUT2D eigenvalue weighted by atomic mass is 10.2. The number of ether oxygens (including phenoxy) is 2. The smallest absolute Gasteiger partial charge is 0.256 e. The van der Waals surface area contributed by atoms with Gasteiger partial charge in [0, 0.05) is 25.7 Å². The standard InChI is InChI=1S/C20H20FN3O3S/c1-26-15-9-14(21)10-17-18(15)22-20(28-17)23-19(25)16-12-24(7-8-27-16)11-13-5-3-2-4-6-13/h2-6,9-10,16H,7-8,11-12H2,1H3,(H,22,23,25). The molecular formula is C20H20FN3O3S. The van der Waals surface area contributed by atoms with Gasteiger partial charge >= 0.3 is 0 Å². The summed E-state index contributed by atoms with van der Waals surface area (Å²) in [5, 5.41) is 3.19. The Morgan fingerprint density at radius 2 is 2.21 bits per heavy atom. The number of aromatic nitrogens is 1. The van der Waals surface area contributed by atoms with Crippen LogP contribution in [0.3, 0.4) is 0 Å². The highest BCUT2D eigenvalue weighted by Gasteiger charge is 2.27. The summed E-state index contributed by atoms with van der Waals surface area (Å²) in [6.07, 6.45) is -0.580. The van der Waals surface area contributed by atoms with E-state index in [1.165, 1.54) is 36.1 Å². The van der Waals surface area contributed by atoms with Crippen LogP contribution in [-0.2, 0) is 16.1 Å². The highest BCUT2D eigenvalue weighted by Crippen LogP contribution is 2.33. The molecule has 6 nitrogen and oxygen atoms in total. The average Bonchev–Trinajstić information content (AvgIpc) is 3.10. The summed E-state index contributed by atoms with van der Waals surface area (Å²) < 4.78 is 25.1. The molecule has 2 aromatic carbocycles. The molecule has 1 atom stereocenters. The minimum atomic E-state index is -0.580. The molecule has 4 rings (SSSR count). The van der Waals surface area contributed by atoms with Crippen LogP contribution >= 0.6 is 11.3 Å². The molecular weight excluding hydrogens is 381 g/mol. The minimum absolute atomic E-state index is 0.253. The number of methoxy groups -OCH3 is 1. The molecule has 1 N–H and O–H groups in total. The van der Waals surface area contributed by atoms with Crippen LogP contribution < -0.4 is 10.1 Å². The van der Waals surface area contributed by atoms with Gasteiger partial charge in [-0.1, -0.05) is 41.7 Å². The number of morpholine rings is 1. The van der Waals surface area contributed by atoms with Crippen LogP contribution in [0.5, 0.6) is 5.75 Å². The molecule has 1 aromatic heterocycles. The maximum atomic E-state index is 13.7. The van der Waals surface area contributed by atoms with Crippen molar-refractivity contribution in [3.63, 3.8) is 0 Å². The molecule has 1 amide bonds. The Kier molecular flexibility index (Phi) is 5.52. The van der Waals surface area contributed by atoms with Crippen molar-refractivity contribution in [1.29, 1.82) is 0 Å². The lowest BCUT2D eigenvalue weighted by Gasteiger charge is -2.31. The lowest BCUT2D eigenvalue weighted by Crippen LogP contribution is -2.47. The number of halogens is 1. The third kappa shape index (κ3) is 4.14. The van der Waals surface area contributed by atoms with Gasteiger partial charge in [0.1, 0.15) is 23.2 Å². The number of amides is 1. The molecule has 1 fully saturated rings. The number of hydrogen-bond acceptors (Lipinski definition) is 6. The van der Waals surface area contributed by atoms with Gasteiger partial charge in [0.25, 0.3) is 5.91 Å². The zero-order chi connectivity index (χ0) is 19.5. The largest absolute Gasteiger partial charge is 0.494 e. The van der Waals surface area contributed by atoms with Crippen LogP contribution in [0, 0.1) is 5.82 Å². The molecule has 1 saturated heterocycles. The van der Waals surface area contributed by atoms with Gasteiger partial charge in [-0.15, -0.1) is 0 Å². The van der Waals surface area contributed by atoms with E-state index in [0.717, 1.165) is 13.1 Å². The van der Waals surface area contributed by atoms with Crippen LogP contribution in [0.25, 0.3) is 10.2 Å². The Labute approximate surface area is 165 Å². The van der Waals surface area contributed by atoms with E-state index in [1.54, 1.807) is 0 Å². The summed E-state index contributed by atoms with van der Waals surface area (Å²) in [4.78, 5) is 19.2. The number of hydrogen-bond donors (Lipinski definition) is 1. The average molecular weight is 401 g/mol. The molecule has 1 aliphatic heterocycles. The molecule has 3 aromatic rings. The van der Waals surface area contributed by atoms with E-state index < -0.39 is 11.9 Å². The van der Waals surface area contributed by atoms with Crippen LogP contribution in [-0.4, -0.2) is 48.7 Å². The second-order valence-electron chi connectivity index (χ2n) is 6.54. The number of carbonyl (C=O) groups is 1. The zero-order valence-corrected chi connectivity index (χ0v) is 16.2. The van der Waals surface area contributed by atoms with E-state index in [4.69, 9.17) is 9.47 Å². The summed E-state index contributed by atoms with van der Waals surface area (Å²) in [6.45, 7) is 2.54. The topological polar surface area (TPSA) is 63.7 Å². The van der Waals surface area contributed by atoms with Crippen LogP contribution in [0.2, 0.25) is 0 Å². The predicted octanol–water partition coefficient (Wildman–Crippen LogP) is 3.28. The van der Waals surface area contributed by atoms with Crippen molar-refractivity contribution in [3.05, 3.63) is 53.8 Å². The number of thiazole rings is 1. The van der Waals surface area contributed by atoms with Gasteiger partial charge < -0.3 is 9.47 Å².